The van der Waals surface area contributed by atoms with Crippen LogP contribution in [-0.4, -0.2) is 26.1 Å². The van der Waals surface area contributed by atoms with Gasteiger partial charge in [0.1, 0.15) is 5.52 Å². The van der Waals surface area contributed by atoms with Crippen molar-refractivity contribution < 1.29 is 9.90 Å². The van der Waals surface area contributed by atoms with Crippen LogP contribution in [0.15, 0.2) is 18.2 Å². The quantitative estimate of drug-likeness (QED) is 0.898. The first-order valence-electron chi connectivity index (χ1n) is 6.23. The Labute approximate surface area is 104 Å². The van der Waals surface area contributed by atoms with Crippen LogP contribution < -0.4 is 0 Å². The maximum atomic E-state index is 11.0. The first kappa shape index (κ1) is 11.2. The lowest BCUT2D eigenvalue weighted by atomic mass is 10.1. The van der Waals surface area contributed by atoms with Crippen molar-refractivity contribution in [1.29, 1.82) is 0 Å². The Balaban J connectivity index is 1.99. The van der Waals surface area contributed by atoms with Crippen molar-refractivity contribution in [2.75, 3.05) is 0 Å². The predicted molar refractivity (Wildman–Crippen MR) is 66.5 cm³/mol. The number of aromatic carboxylic acids is 1. The summed E-state index contributed by atoms with van der Waals surface area (Å²) in [6.45, 7) is 2.11. The number of nitrogens with zero attached hydrogens (tertiary/aromatic N) is 3. The summed E-state index contributed by atoms with van der Waals surface area (Å²) in [6, 6.07) is 5.20. The average Bonchev–Trinajstić information content (AvgIpc) is 3.05. The molecule has 94 valence electrons. The molecule has 1 fully saturated rings. The van der Waals surface area contributed by atoms with E-state index in [4.69, 9.17) is 5.11 Å². The van der Waals surface area contributed by atoms with Crippen LogP contribution >= 0.6 is 0 Å². The number of hydrogen-bond acceptors (Lipinski definition) is 3. The third-order valence-electron chi connectivity index (χ3n) is 3.51. The summed E-state index contributed by atoms with van der Waals surface area (Å²) >= 11 is 0. The van der Waals surface area contributed by atoms with Crippen molar-refractivity contribution >= 4 is 17.0 Å². The lowest BCUT2D eigenvalue weighted by molar-refractivity contribution is 0.0697. The van der Waals surface area contributed by atoms with Crippen molar-refractivity contribution in [3.8, 4) is 0 Å². The summed E-state index contributed by atoms with van der Waals surface area (Å²) in [7, 11) is 0. The largest absolute Gasteiger partial charge is 0.478 e. The Hall–Kier alpha value is -1.91. The number of rotatable bonds is 4. The standard InChI is InChI=1S/C13H15N3O2/c1-8(6-9-2-3-9)16-12-7-10(13(17)18)4-5-11(12)14-15-16/h4-5,7-9H,2-3,6H2,1H3,(H,17,18). The highest BCUT2D eigenvalue weighted by atomic mass is 16.4. The van der Waals surface area contributed by atoms with E-state index in [1.54, 1.807) is 18.2 Å². The highest BCUT2D eigenvalue weighted by Crippen LogP contribution is 2.37. The molecule has 0 saturated heterocycles. The molecule has 1 aromatic heterocycles. The molecule has 2 aromatic rings. The lowest BCUT2D eigenvalue weighted by Crippen LogP contribution is -2.08. The zero-order chi connectivity index (χ0) is 12.7. The molecule has 1 aliphatic carbocycles. The molecular formula is C13H15N3O2. The Kier molecular flexibility index (Phi) is 2.54. The molecule has 1 saturated carbocycles. The molecule has 0 spiro atoms. The molecule has 18 heavy (non-hydrogen) atoms. The van der Waals surface area contributed by atoms with Gasteiger partial charge in [0.15, 0.2) is 0 Å². The highest BCUT2D eigenvalue weighted by Gasteiger charge is 2.25. The van der Waals surface area contributed by atoms with E-state index in [-0.39, 0.29) is 11.6 Å². The summed E-state index contributed by atoms with van der Waals surface area (Å²) in [4.78, 5) is 11.0. The summed E-state index contributed by atoms with van der Waals surface area (Å²) < 4.78 is 1.85. The second-order valence-electron chi connectivity index (χ2n) is 5.07. The van der Waals surface area contributed by atoms with E-state index in [0.717, 1.165) is 23.4 Å². The van der Waals surface area contributed by atoms with E-state index in [0.29, 0.717) is 0 Å². The molecule has 0 aliphatic heterocycles. The Morgan fingerprint density at radius 2 is 2.33 bits per heavy atom. The van der Waals surface area contributed by atoms with Gasteiger partial charge in [0, 0.05) is 0 Å². The van der Waals surface area contributed by atoms with Crippen LogP contribution in [0.25, 0.3) is 11.0 Å². The molecule has 1 heterocycles. The maximum absolute atomic E-state index is 11.0. The lowest BCUT2D eigenvalue weighted by Gasteiger charge is -2.11. The van der Waals surface area contributed by atoms with E-state index in [2.05, 4.69) is 17.2 Å². The van der Waals surface area contributed by atoms with Gasteiger partial charge in [-0.2, -0.15) is 0 Å². The smallest absolute Gasteiger partial charge is 0.335 e. The molecule has 3 rings (SSSR count). The number of fused-ring (bicyclic) bond motifs is 1. The van der Waals surface area contributed by atoms with Gasteiger partial charge in [0.05, 0.1) is 17.1 Å². The van der Waals surface area contributed by atoms with Crippen LogP contribution in [0.5, 0.6) is 0 Å². The van der Waals surface area contributed by atoms with Crippen LogP contribution in [0.4, 0.5) is 0 Å². The van der Waals surface area contributed by atoms with Crippen LogP contribution in [-0.2, 0) is 0 Å². The average molecular weight is 245 g/mol. The zero-order valence-corrected chi connectivity index (χ0v) is 10.2. The molecule has 0 radical (unpaired) electrons. The molecule has 1 N–H and O–H groups in total. The molecule has 0 amide bonds. The van der Waals surface area contributed by atoms with Crippen molar-refractivity contribution in [1.82, 2.24) is 15.0 Å². The first-order valence-corrected chi connectivity index (χ1v) is 6.23. The molecule has 1 unspecified atom stereocenters. The monoisotopic (exact) mass is 245 g/mol. The molecular weight excluding hydrogens is 230 g/mol. The number of hydrogen-bond donors (Lipinski definition) is 1. The van der Waals surface area contributed by atoms with Gasteiger partial charge in [-0.25, -0.2) is 9.48 Å². The summed E-state index contributed by atoms with van der Waals surface area (Å²) in [5.41, 5.74) is 1.84. The van der Waals surface area contributed by atoms with Crippen LogP contribution in [0.3, 0.4) is 0 Å². The van der Waals surface area contributed by atoms with Crippen molar-refractivity contribution in [3.05, 3.63) is 23.8 Å². The van der Waals surface area contributed by atoms with Crippen LogP contribution in [0.2, 0.25) is 0 Å². The molecule has 5 nitrogen and oxygen atoms in total. The molecule has 1 atom stereocenters. The Morgan fingerprint density at radius 3 is 3.00 bits per heavy atom. The fraction of sp³-hybridized carbons (Fsp3) is 0.462. The second kappa shape index (κ2) is 4.08. The summed E-state index contributed by atoms with van der Waals surface area (Å²) in [5.74, 6) is -0.110. The SMILES string of the molecule is CC(CC1CC1)n1nnc2ccc(C(=O)O)cc21. The van der Waals surface area contributed by atoms with Gasteiger partial charge in [0.25, 0.3) is 0 Å². The van der Waals surface area contributed by atoms with E-state index in [1.807, 2.05) is 4.68 Å². The fourth-order valence-corrected chi connectivity index (χ4v) is 2.33. The zero-order valence-electron chi connectivity index (χ0n) is 10.2. The van der Waals surface area contributed by atoms with E-state index >= 15 is 0 Å². The van der Waals surface area contributed by atoms with Crippen molar-refractivity contribution in [3.63, 3.8) is 0 Å². The third-order valence-corrected chi connectivity index (χ3v) is 3.51. The van der Waals surface area contributed by atoms with Crippen molar-refractivity contribution in [2.45, 2.75) is 32.2 Å². The topological polar surface area (TPSA) is 68.0 Å². The maximum Gasteiger partial charge on any atom is 0.335 e. The fourth-order valence-electron chi connectivity index (χ4n) is 2.33. The van der Waals surface area contributed by atoms with Gasteiger partial charge in [-0.05, 0) is 37.5 Å². The minimum absolute atomic E-state index is 0.270. The Bertz CT molecular complexity index is 601. The van der Waals surface area contributed by atoms with Crippen LogP contribution in [0.1, 0.15) is 42.6 Å². The third kappa shape index (κ3) is 1.96. The van der Waals surface area contributed by atoms with E-state index in [9.17, 15) is 4.79 Å². The van der Waals surface area contributed by atoms with E-state index < -0.39 is 5.97 Å². The summed E-state index contributed by atoms with van der Waals surface area (Å²) in [5, 5.41) is 17.3. The van der Waals surface area contributed by atoms with Gasteiger partial charge >= 0.3 is 5.97 Å². The first-order chi connectivity index (χ1) is 8.65. The number of carbonyl (C=O) groups is 1. The predicted octanol–water partition coefficient (Wildman–Crippen LogP) is 2.49. The number of carboxylic acids is 1. The van der Waals surface area contributed by atoms with E-state index in [1.165, 1.54) is 12.8 Å². The van der Waals surface area contributed by atoms with Gasteiger partial charge in [-0.3, -0.25) is 0 Å². The van der Waals surface area contributed by atoms with Crippen LogP contribution in [0, 0.1) is 5.92 Å². The van der Waals surface area contributed by atoms with Gasteiger partial charge in [-0.1, -0.05) is 18.1 Å². The Morgan fingerprint density at radius 1 is 1.56 bits per heavy atom. The summed E-state index contributed by atoms with van der Waals surface area (Å²) in [6.07, 6.45) is 3.70. The highest BCUT2D eigenvalue weighted by molar-refractivity contribution is 5.92. The molecule has 5 heteroatoms. The van der Waals surface area contributed by atoms with Gasteiger partial charge in [-0.15, -0.1) is 5.10 Å². The molecule has 0 bridgehead atoms. The number of benzene rings is 1. The number of carboxylic acid groups (broad SMARTS) is 1. The number of aromatic nitrogens is 3. The molecule has 1 aromatic carbocycles. The minimum Gasteiger partial charge on any atom is -0.478 e. The minimum atomic E-state index is -0.917. The van der Waals surface area contributed by atoms with Crippen molar-refractivity contribution in [2.24, 2.45) is 5.92 Å². The van der Waals surface area contributed by atoms with Gasteiger partial charge in [0.2, 0.25) is 0 Å². The normalized spacial score (nSPS) is 16.9. The second-order valence-corrected chi connectivity index (χ2v) is 5.07. The van der Waals surface area contributed by atoms with Gasteiger partial charge < -0.3 is 5.11 Å². The molecule has 1 aliphatic rings.